The lowest BCUT2D eigenvalue weighted by molar-refractivity contribution is 0.0941. The van der Waals surface area contributed by atoms with E-state index in [9.17, 15) is 5.11 Å². The van der Waals surface area contributed by atoms with E-state index >= 15 is 0 Å². The molecule has 1 fully saturated rings. The van der Waals surface area contributed by atoms with Crippen molar-refractivity contribution >= 4 is 0 Å². The van der Waals surface area contributed by atoms with Crippen molar-refractivity contribution in [3.05, 3.63) is 35.4 Å². The second-order valence-corrected chi connectivity index (χ2v) is 5.54. The van der Waals surface area contributed by atoms with E-state index < -0.39 is 0 Å². The van der Waals surface area contributed by atoms with Crippen LogP contribution in [0.25, 0.3) is 0 Å². The Balaban J connectivity index is 2.03. The Labute approximate surface area is 121 Å². The maximum atomic E-state index is 9.29. The lowest BCUT2D eigenvalue weighted by atomic mass is 10.0. The summed E-state index contributed by atoms with van der Waals surface area (Å²) in [5.41, 5.74) is 1.85. The number of hydrogen-bond acceptors (Lipinski definition) is 4. The normalized spacial score (nSPS) is 17.3. The van der Waals surface area contributed by atoms with Crippen LogP contribution in [0.5, 0.6) is 0 Å². The Hall–Kier alpha value is -1.41. The molecule has 1 aliphatic heterocycles. The van der Waals surface area contributed by atoms with Gasteiger partial charge in [0.15, 0.2) is 0 Å². The summed E-state index contributed by atoms with van der Waals surface area (Å²) in [4.78, 5) is 4.70. The Morgan fingerprint density at radius 3 is 2.80 bits per heavy atom. The molecular weight excluding hydrogens is 250 g/mol. The number of likely N-dealkylation sites (tertiary alicyclic amines) is 1. The number of hydrogen-bond donors (Lipinski definition) is 1. The van der Waals surface area contributed by atoms with Crippen LogP contribution >= 0.6 is 0 Å². The third-order valence-electron chi connectivity index (χ3n) is 4.03. The van der Waals surface area contributed by atoms with E-state index in [0.29, 0.717) is 18.2 Å². The van der Waals surface area contributed by atoms with Gasteiger partial charge in [-0.1, -0.05) is 12.1 Å². The van der Waals surface area contributed by atoms with Gasteiger partial charge in [0.2, 0.25) is 0 Å². The molecular formula is C16H23N3O. The number of nitrogens with zero attached hydrogens (tertiary/aromatic N) is 3. The summed E-state index contributed by atoms with van der Waals surface area (Å²) < 4.78 is 0. The first kappa shape index (κ1) is 15.0. The molecule has 1 N–H and O–H groups in total. The van der Waals surface area contributed by atoms with Crippen LogP contribution in [-0.4, -0.2) is 54.2 Å². The number of aliphatic hydroxyl groups excluding tert-OH is 1. The number of rotatable bonds is 5. The van der Waals surface area contributed by atoms with Gasteiger partial charge in [0.1, 0.15) is 0 Å². The van der Waals surface area contributed by atoms with Crippen LogP contribution in [0.4, 0.5) is 0 Å². The summed E-state index contributed by atoms with van der Waals surface area (Å²) in [6.07, 6.45) is 2.29. The van der Waals surface area contributed by atoms with Crippen molar-refractivity contribution in [2.75, 3.05) is 33.3 Å². The van der Waals surface area contributed by atoms with Crippen molar-refractivity contribution in [1.29, 1.82) is 5.26 Å². The summed E-state index contributed by atoms with van der Waals surface area (Å²) in [5.74, 6) is 0. The van der Waals surface area contributed by atoms with Gasteiger partial charge in [0, 0.05) is 19.1 Å². The molecule has 1 aromatic rings. The molecule has 0 spiro atoms. The first-order valence-electron chi connectivity index (χ1n) is 7.25. The fourth-order valence-corrected chi connectivity index (χ4v) is 2.85. The topological polar surface area (TPSA) is 50.5 Å². The number of aliphatic hydroxyl groups is 1. The van der Waals surface area contributed by atoms with E-state index in [1.54, 1.807) is 0 Å². The van der Waals surface area contributed by atoms with Crippen LogP contribution in [0.2, 0.25) is 0 Å². The zero-order valence-electron chi connectivity index (χ0n) is 12.1. The molecule has 1 aromatic carbocycles. The molecule has 0 aliphatic carbocycles. The molecule has 20 heavy (non-hydrogen) atoms. The van der Waals surface area contributed by atoms with E-state index in [0.717, 1.165) is 38.0 Å². The van der Waals surface area contributed by atoms with Crippen LogP contribution in [0, 0.1) is 11.3 Å². The first-order chi connectivity index (χ1) is 9.72. The summed E-state index contributed by atoms with van der Waals surface area (Å²) >= 11 is 0. The molecule has 0 aromatic heterocycles. The first-order valence-corrected chi connectivity index (χ1v) is 7.25. The summed E-state index contributed by atoms with van der Waals surface area (Å²) in [5, 5.41) is 18.3. The van der Waals surface area contributed by atoms with Gasteiger partial charge < -0.3 is 10.0 Å². The molecule has 2 rings (SSSR count). The quantitative estimate of drug-likeness (QED) is 0.882. The lowest BCUT2D eigenvalue weighted by Crippen LogP contribution is -2.44. The molecule has 0 unspecified atom stereocenters. The van der Waals surface area contributed by atoms with Gasteiger partial charge in [-0.3, -0.25) is 4.90 Å². The minimum absolute atomic E-state index is 0.185. The molecule has 1 saturated heterocycles. The van der Waals surface area contributed by atoms with Crippen LogP contribution in [0.1, 0.15) is 24.0 Å². The molecule has 108 valence electrons. The zero-order valence-corrected chi connectivity index (χ0v) is 12.1. The fourth-order valence-electron chi connectivity index (χ4n) is 2.85. The molecule has 0 bridgehead atoms. The zero-order chi connectivity index (χ0) is 14.4. The molecule has 1 heterocycles. The van der Waals surface area contributed by atoms with Gasteiger partial charge in [-0.15, -0.1) is 0 Å². The molecule has 4 nitrogen and oxygen atoms in total. The smallest absolute Gasteiger partial charge is 0.0991 e. The maximum Gasteiger partial charge on any atom is 0.0991 e. The van der Waals surface area contributed by atoms with Crippen molar-refractivity contribution in [1.82, 2.24) is 9.80 Å². The third-order valence-corrected chi connectivity index (χ3v) is 4.03. The Kier molecular flexibility index (Phi) is 5.54. The Morgan fingerprint density at radius 1 is 1.40 bits per heavy atom. The highest BCUT2D eigenvalue weighted by atomic mass is 16.3. The maximum absolute atomic E-state index is 9.29. The minimum atomic E-state index is 0.185. The largest absolute Gasteiger partial charge is 0.395 e. The SMILES string of the molecule is CN1CCC(N(CCO)Cc2cccc(C#N)c2)CC1. The van der Waals surface area contributed by atoms with Crippen LogP contribution in [-0.2, 0) is 6.54 Å². The highest BCUT2D eigenvalue weighted by Gasteiger charge is 2.22. The van der Waals surface area contributed by atoms with Gasteiger partial charge in [-0.2, -0.15) is 5.26 Å². The second-order valence-electron chi connectivity index (χ2n) is 5.54. The van der Waals surface area contributed by atoms with Gasteiger partial charge in [-0.05, 0) is 50.7 Å². The molecule has 0 amide bonds. The summed E-state index contributed by atoms with van der Waals surface area (Å²) in [6, 6.07) is 10.5. The summed E-state index contributed by atoms with van der Waals surface area (Å²) in [6.45, 7) is 3.93. The standard InChI is InChI=1S/C16H23N3O/c1-18-7-5-16(6-8-18)19(9-10-20)13-15-4-2-3-14(11-15)12-17/h2-4,11,16,20H,5-10,13H2,1H3. The summed E-state index contributed by atoms with van der Waals surface area (Å²) in [7, 11) is 2.16. The van der Waals surface area contributed by atoms with Crippen molar-refractivity contribution in [3.63, 3.8) is 0 Å². The second kappa shape index (κ2) is 7.39. The van der Waals surface area contributed by atoms with Crippen molar-refractivity contribution in [3.8, 4) is 6.07 Å². The van der Waals surface area contributed by atoms with Gasteiger partial charge in [-0.25, -0.2) is 0 Å². The van der Waals surface area contributed by atoms with Gasteiger partial charge >= 0.3 is 0 Å². The third kappa shape index (κ3) is 4.04. The highest BCUT2D eigenvalue weighted by Crippen LogP contribution is 2.18. The predicted octanol–water partition coefficient (Wildman–Crippen LogP) is 1.45. The van der Waals surface area contributed by atoms with E-state index in [-0.39, 0.29) is 6.61 Å². The highest BCUT2D eigenvalue weighted by molar-refractivity contribution is 5.32. The van der Waals surface area contributed by atoms with E-state index in [2.05, 4.69) is 29.0 Å². The lowest BCUT2D eigenvalue weighted by Gasteiger charge is -2.37. The average molecular weight is 273 g/mol. The molecule has 0 atom stereocenters. The molecule has 0 radical (unpaired) electrons. The van der Waals surface area contributed by atoms with Crippen LogP contribution in [0.15, 0.2) is 24.3 Å². The van der Waals surface area contributed by atoms with Gasteiger partial charge in [0.05, 0.1) is 18.2 Å². The van der Waals surface area contributed by atoms with Crippen LogP contribution in [0.3, 0.4) is 0 Å². The van der Waals surface area contributed by atoms with Crippen molar-refractivity contribution in [2.45, 2.75) is 25.4 Å². The molecule has 1 aliphatic rings. The fraction of sp³-hybridized carbons (Fsp3) is 0.562. The number of piperidine rings is 1. The van der Waals surface area contributed by atoms with Gasteiger partial charge in [0.25, 0.3) is 0 Å². The average Bonchev–Trinajstić information content (AvgIpc) is 2.48. The predicted molar refractivity (Wildman–Crippen MR) is 79.2 cm³/mol. The van der Waals surface area contributed by atoms with E-state index in [1.165, 1.54) is 0 Å². The monoisotopic (exact) mass is 273 g/mol. The molecule has 0 saturated carbocycles. The minimum Gasteiger partial charge on any atom is -0.395 e. The Morgan fingerprint density at radius 2 is 2.15 bits per heavy atom. The Bertz CT molecular complexity index is 461. The van der Waals surface area contributed by atoms with E-state index in [1.807, 2.05) is 18.2 Å². The van der Waals surface area contributed by atoms with Crippen molar-refractivity contribution in [2.24, 2.45) is 0 Å². The van der Waals surface area contributed by atoms with E-state index in [4.69, 9.17) is 5.26 Å². The molecule has 4 heteroatoms. The van der Waals surface area contributed by atoms with Crippen molar-refractivity contribution < 1.29 is 5.11 Å². The number of nitriles is 1. The van der Waals surface area contributed by atoms with Crippen LogP contribution < -0.4 is 0 Å². The number of benzene rings is 1.